The van der Waals surface area contributed by atoms with Gasteiger partial charge in [-0.2, -0.15) is 0 Å². The van der Waals surface area contributed by atoms with Crippen LogP contribution in [0.1, 0.15) is 271 Å². The van der Waals surface area contributed by atoms with Crippen LogP contribution in [0.25, 0.3) is 0 Å². The predicted octanol–water partition coefficient (Wildman–Crippen LogP) is 17.5. The van der Waals surface area contributed by atoms with Crippen LogP contribution in [0.15, 0.2) is 48.6 Å². The van der Waals surface area contributed by atoms with E-state index in [0.29, 0.717) is 19.3 Å². The summed E-state index contributed by atoms with van der Waals surface area (Å²) in [5.41, 5.74) is 0. The number of hydrogen-bond acceptors (Lipinski definition) is 6. The summed E-state index contributed by atoms with van der Waals surface area (Å²) in [5.74, 6) is -0.916. The lowest BCUT2D eigenvalue weighted by Crippen LogP contribution is -2.30. The molecule has 0 aromatic rings. The summed E-state index contributed by atoms with van der Waals surface area (Å²) in [6, 6.07) is 0. The van der Waals surface area contributed by atoms with Crippen molar-refractivity contribution in [3.05, 3.63) is 48.6 Å². The average Bonchev–Trinajstić information content (AvgIpc) is 3.27. The van der Waals surface area contributed by atoms with E-state index in [2.05, 4.69) is 69.4 Å². The first-order valence-corrected chi connectivity index (χ1v) is 26.6. The van der Waals surface area contributed by atoms with Crippen LogP contribution in [0.3, 0.4) is 0 Å². The zero-order valence-electron chi connectivity index (χ0n) is 41.1. The number of carbonyl (C=O) groups excluding carboxylic acids is 3. The monoisotopic (exact) mass is 869 g/mol. The maximum absolute atomic E-state index is 12.8. The number of unbranched alkanes of at least 4 members (excludes halogenated alkanes) is 29. The van der Waals surface area contributed by atoms with Crippen LogP contribution in [0, 0.1) is 0 Å². The van der Waals surface area contributed by atoms with Crippen molar-refractivity contribution in [3.8, 4) is 0 Å². The van der Waals surface area contributed by atoms with E-state index in [1.165, 1.54) is 148 Å². The molecule has 360 valence electrons. The first-order valence-electron chi connectivity index (χ1n) is 26.6. The minimum Gasteiger partial charge on any atom is -0.462 e. The molecule has 6 nitrogen and oxygen atoms in total. The molecule has 0 aliphatic rings. The molecule has 0 amide bonds. The van der Waals surface area contributed by atoms with Gasteiger partial charge in [0.2, 0.25) is 0 Å². The molecule has 0 aromatic carbocycles. The molecule has 0 fully saturated rings. The Morgan fingerprint density at radius 1 is 0.339 bits per heavy atom. The Hall–Kier alpha value is -2.63. The van der Waals surface area contributed by atoms with Gasteiger partial charge in [0.05, 0.1) is 0 Å². The first-order chi connectivity index (χ1) is 30.5. The smallest absolute Gasteiger partial charge is 0.306 e. The lowest BCUT2D eigenvalue weighted by atomic mass is 10.0. The van der Waals surface area contributed by atoms with E-state index in [-0.39, 0.29) is 37.5 Å². The molecule has 0 radical (unpaired) electrons. The van der Waals surface area contributed by atoms with Gasteiger partial charge in [-0.25, -0.2) is 0 Å². The first kappa shape index (κ1) is 59.4. The summed E-state index contributed by atoms with van der Waals surface area (Å²) in [7, 11) is 0. The number of allylic oxidation sites excluding steroid dienone is 8. The van der Waals surface area contributed by atoms with Gasteiger partial charge in [0.25, 0.3) is 0 Å². The fraction of sp³-hybridized carbons (Fsp3) is 0.804. The highest BCUT2D eigenvalue weighted by Gasteiger charge is 2.19. The molecule has 0 unspecified atom stereocenters. The minimum atomic E-state index is -0.790. The van der Waals surface area contributed by atoms with Gasteiger partial charge in [0.15, 0.2) is 6.10 Å². The maximum atomic E-state index is 12.8. The van der Waals surface area contributed by atoms with Crippen molar-refractivity contribution >= 4 is 17.9 Å². The van der Waals surface area contributed by atoms with Crippen molar-refractivity contribution in [1.82, 2.24) is 0 Å². The fourth-order valence-corrected chi connectivity index (χ4v) is 7.61. The van der Waals surface area contributed by atoms with Crippen molar-refractivity contribution in [3.63, 3.8) is 0 Å². The van der Waals surface area contributed by atoms with Gasteiger partial charge in [-0.3, -0.25) is 14.4 Å². The molecule has 0 aliphatic carbocycles. The molecule has 1 atom stereocenters. The Morgan fingerprint density at radius 3 is 0.984 bits per heavy atom. The number of carbonyl (C=O) groups is 3. The van der Waals surface area contributed by atoms with E-state index >= 15 is 0 Å². The van der Waals surface area contributed by atoms with Gasteiger partial charge < -0.3 is 14.2 Å². The summed E-state index contributed by atoms with van der Waals surface area (Å²) >= 11 is 0. The Labute approximate surface area is 384 Å². The molecule has 0 spiro atoms. The number of ether oxygens (including phenoxy) is 3. The van der Waals surface area contributed by atoms with Crippen LogP contribution in [-0.4, -0.2) is 37.2 Å². The van der Waals surface area contributed by atoms with Gasteiger partial charge in [-0.15, -0.1) is 0 Å². The molecule has 0 rings (SSSR count). The third-order valence-electron chi connectivity index (χ3n) is 11.6. The van der Waals surface area contributed by atoms with Crippen LogP contribution in [0.5, 0.6) is 0 Å². The lowest BCUT2D eigenvalue weighted by Gasteiger charge is -2.18. The summed E-state index contributed by atoms with van der Waals surface area (Å²) in [4.78, 5) is 38.0. The highest BCUT2D eigenvalue weighted by molar-refractivity contribution is 5.71. The molecule has 0 saturated carbocycles. The van der Waals surface area contributed by atoms with Gasteiger partial charge in [0.1, 0.15) is 13.2 Å². The standard InChI is InChI=1S/C56H100O6/c1-4-7-10-13-16-19-22-25-27-29-31-34-37-40-43-46-49-55(58)61-52-53(51-60-54(57)48-45-42-39-36-33-30-24-21-18-15-12-9-6-3)62-56(59)50-47-44-41-38-35-32-28-26-23-20-17-14-11-8-5-2/h8,11,17,20,26,28,35,38,53H,4-7,9-10,12-16,18-19,21-25,27,29-34,36-37,39-52H2,1-3H3/b11-8-,20-17-,28-26-,38-35-/t53-/m0/s1. The van der Waals surface area contributed by atoms with Crippen molar-refractivity contribution in [2.45, 2.75) is 277 Å². The molecule has 0 aliphatic heterocycles. The fourth-order valence-electron chi connectivity index (χ4n) is 7.61. The molecular weight excluding hydrogens is 769 g/mol. The van der Waals surface area contributed by atoms with Crippen LogP contribution >= 0.6 is 0 Å². The van der Waals surface area contributed by atoms with Gasteiger partial charge in [-0.05, 0) is 57.8 Å². The molecule has 62 heavy (non-hydrogen) atoms. The molecule has 0 bridgehead atoms. The second kappa shape index (κ2) is 51.0. The van der Waals surface area contributed by atoms with Crippen LogP contribution in [0.4, 0.5) is 0 Å². The van der Waals surface area contributed by atoms with Crippen molar-refractivity contribution in [1.29, 1.82) is 0 Å². The van der Waals surface area contributed by atoms with E-state index in [9.17, 15) is 14.4 Å². The summed E-state index contributed by atoms with van der Waals surface area (Å²) in [6.45, 7) is 6.51. The Kier molecular flexibility index (Phi) is 48.8. The van der Waals surface area contributed by atoms with E-state index in [4.69, 9.17) is 14.2 Å². The molecule has 0 N–H and O–H groups in total. The topological polar surface area (TPSA) is 78.9 Å². The zero-order chi connectivity index (χ0) is 45.1. The average molecular weight is 869 g/mol. The third-order valence-corrected chi connectivity index (χ3v) is 11.6. The highest BCUT2D eigenvalue weighted by Crippen LogP contribution is 2.16. The highest BCUT2D eigenvalue weighted by atomic mass is 16.6. The third kappa shape index (κ3) is 48.4. The SMILES string of the molecule is CC/C=C\C/C=C\C/C=C\C/C=C\CCCCC(=O)O[C@@H](COC(=O)CCCCCCCCCCCCCCC)COC(=O)CCCCCCCCCCCCCCCCCC. The summed E-state index contributed by atoms with van der Waals surface area (Å²) in [5, 5.41) is 0. The number of hydrogen-bond donors (Lipinski definition) is 0. The number of rotatable bonds is 48. The van der Waals surface area contributed by atoms with Crippen LogP contribution in [0.2, 0.25) is 0 Å². The van der Waals surface area contributed by atoms with Gasteiger partial charge in [-0.1, -0.05) is 243 Å². The van der Waals surface area contributed by atoms with Gasteiger partial charge in [0, 0.05) is 19.3 Å². The van der Waals surface area contributed by atoms with Crippen molar-refractivity contribution in [2.75, 3.05) is 13.2 Å². The van der Waals surface area contributed by atoms with E-state index in [1.807, 2.05) is 0 Å². The Bertz CT molecular complexity index is 1090. The number of esters is 3. The lowest BCUT2D eigenvalue weighted by molar-refractivity contribution is -0.167. The quantitative estimate of drug-likeness (QED) is 0.0262. The molecular formula is C56H100O6. The van der Waals surface area contributed by atoms with E-state index in [1.54, 1.807) is 0 Å². The van der Waals surface area contributed by atoms with Crippen molar-refractivity contribution in [2.24, 2.45) is 0 Å². The summed E-state index contributed by atoms with van der Waals surface area (Å²) in [6.07, 6.45) is 61.0. The second-order valence-corrected chi connectivity index (χ2v) is 17.8. The largest absolute Gasteiger partial charge is 0.462 e. The predicted molar refractivity (Wildman–Crippen MR) is 265 cm³/mol. The maximum Gasteiger partial charge on any atom is 0.306 e. The Balaban J connectivity index is 4.40. The van der Waals surface area contributed by atoms with E-state index in [0.717, 1.165) is 77.0 Å². The zero-order valence-corrected chi connectivity index (χ0v) is 41.1. The van der Waals surface area contributed by atoms with Crippen molar-refractivity contribution < 1.29 is 28.6 Å². The molecule has 6 heteroatoms. The molecule has 0 saturated heterocycles. The summed E-state index contributed by atoms with van der Waals surface area (Å²) < 4.78 is 16.8. The molecule has 0 heterocycles. The second-order valence-electron chi connectivity index (χ2n) is 17.8. The molecule has 0 aromatic heterocycles. The Morgan fingerprint density at radius 2 is 0.629 bits per heavy atom. The van der Waals surface area contributed by atoms with E-state index < -0.39 is 6.10 Å². The van der Waals surface area contributed by atoms with Crippen LogP contribution in [-0.2, 0) is 28.6 Å². The van der Waals surface area contributed by atoms with Crippen LogP contribution < -0.4 is 0 Å². The normalized spacial score (nSPS) is 12.4. The minimum absolute atomic E-state index is 0.0859. The van der Waals surface area contributed by atoms with Gasteiger partial charge >= 0.3 is 17.9 Å².